The van der Waals surface area contributed by atoms with E-state index in [4.69, 9.17) is 15.9 Å². The summed E-state index contributed by atoms with van der Waals surface area (Å²) in [5.74, 6) is 2.61. The SMILES string of the molecule is C#CCCCC[C@@H](O)CCCOC1CCCCO1. The van der Waals surface area contributed by atoms with Crippen LogP contribution in [-0.4, -0.2) is 30.7 Å². The molecule has 1 saturated heterocycles. The Morgan fingerprint density at radius 3 is 2.83 bits per heavy atom. The maximum Gasteiger partial charge on any atom is 0.157 e. The van der Waals surface area contributed by atoms with Crippen molar-refractivity contribution in [1.29, 1.82) is 0 Å². The van der Waals surface area contributed by atoms with Gasteiger partial charge in [-0.25, -0.2) is 0 Å². The van der Waals surface area contributed by atoms with Gasteiger partial charge in [-0.15, -0.1) is 12.3 Å². The summed E-state index contributed by atoms with van der Waals surface area (Å²) in [6, 6.07) is 0. The molecule has 1 rings (SSSR count). The van der Waals surface area contributed by atoms with Gasteiger partial charge in [0.25, 0.3) is 0 Å². The number of hydrogen-bond donors (Lipinski definition) is 1. The minimum atomic E-state index is -0.210. The van der Waals surface area contributed by atoms with E-state index in [1.165, 1.54) is 6.42 Å². The van der Waals surface area contributed by atoms with Crippen molar-refractivity contribution in [3.8, 4) is 12.3 Å². The monoisotopic (exact) mass is 254 g/mol. The van der Waals surface area contributed by atoms with Gasteiger partial charge in [0.1, 0.15) is 0 Å². The molecule has 1 fully saturated rings. The van der Waals surface area contributed by atoms with E-state index in [1.54, 1.807) is 0 Å². The Morgan fingerprint density at radius 2 is 2.11 bits per heavy atom. The van der Waals surface area contributed by atoms with Crippen molar-refractivity contribution in [3.63, 3.8) is 0 Å². The minimum Gasteiger partial charge on any atom is -0.393 e. The second-order valence-electron chi connectivity index (χ2n) is 4.91. The predicted octanol–water partition coefficient (Wildman–Crippen LogP) is 2.86. The Kier molecular flexibility index (Phi) is 8.93. The van der Waals surface area contributed by atoms with Gasteiger partial charge in [-0.2, -0.15) is 0 Å². The molecule has 0 amide bonds. The van der Waals surface area contributed by atoms with Gasteiger partial charge in [0, 0.05) is 19.6 Å². The highest BCUT2D eigenvalue weighted by Crippen LogP contribution is 2.14. The van der Waals surface area contributed by atoms with Gasteiger partial charge in [-0.1, -0.05) is 0 Å². The molecule has 0 radical (unpaired) electrons. The summed E-state index contributed by atoms with van der Waals surface area (Å²) in [6.07, 6.45) is 13.7. The van der Waals surface area contributed by atoms with Crippen molar-refractivity contribution in [2.24, 2.45) is 0 Å². The Hall–Kier alpha value is -0.560. The molecule has 0 aromatic carbocycles. The molecule has 0 aliphatic carbocycles. The summed E-state index contributed by atoms with van der Waals surface area (Å²) in [7, 11) is 0. The van der Waals surface area contributed by atoms with Crippen LogP contribution >= 0.6 is 0 Å². The van der Waals surface area contributed by atoms with Crippen LogP contribution in [0, 0.1) is 12.3 Å². The van der Waals surface area contributed by atoms with Crippen LogP contribution in [0.1, 0.15) is 57.8 Å². The van der Waals surface area contributed by atoms with Crippen molar-refractivity contribution in [2.45, 2.75) is 70.2 Å². The Balaban J connectivity index is 1.88. The highest BCUT2D eigenvalue weighted by molar-refractivity contribution is 4.82. The van der Waals surface area contributed by atoms with Crippen molar-refractivity contribution < 1.29 is 14.6 Å². The molecule has 1 aliphatic heterocycles. The van der Waals surface area contributed by atoms with Crippen molar-refractivity contribution >= 4 is 0 Å². The fraction of sp³-hybridized carbons (Fsp3) is 0.867. The second-order valence-corrected chi connectivity index (χ2v) is 4.91. The van der Waals surface area contributed by atoms with E-state index in [2.05, 4.69) is 5.92 Å². The normalized spacial score (nSPS) is 21.4. The van der Waals surface area contributed by atoms with Crippen molar-refractivity contribution in [2.75, 3.05) is 13.2 Å². The van der Waals surface area contributed by atoms with Gasteiger partial charge in [0.15, 0.2) is 6.29 Å². The molecule has 3 heteroatoms. The van der Waals surface area contributed by atoms with Crippen LogP contribution in [0.4, 0.5) is 0 Å². The second kappa shape index (κ2) is 10.4. The number of hydrogen-bond acceptors (Lipinski definition) is 3. The number of aliphatic hydroxyl groups is 1. The van der Waals surface area contributed by atoms with Crippen molar-refractivity contribution in [1.82, 2.24) is 0 Å². The number of terminal acetylenes is 1. The molecule has 2 atom stereocenters. The van der Waals surface area contributed by atoms with Crippen LogP contribution in [0.25, 0.3) is 0 Å². The van der Waals surface area contributed by atoms with Gasteiger partial charge in [-0.05, 0) is 51.4 Å². The number of rotatable bonds is 9. The topological polar surface area (TPSA) is 38.7 Å². The Bertz CT molecular complexity index is 228. The third-order valence-electron chi connectivity index (χ3n) is 3.23. The molecule has 1 N–H and O–H groups in total. The number of aliphatic hydroxyl groups excluding tert-OH is 1. The molecule has 0 saturated carbocycles. The summed E-state index contributed by atoms with van der Waals surface area (Å²) in [5, 5.41) is 9.75. The molecular formula is C15H26O3. The first-order valence-corrected chi connectivity index (χ1v) is 7.17. The molecule has 0 aromatic heterocycles. The molecule has 1 aliphatic rings. The van der Waals surface area contributed by atoms with Crippen LogP contribution in [0.5, 0.6) is 0 Å². The summed E-state index contributed by atoms with van der Waals surface area (Å²) >= 11 is 0. The van der Waals surface area contributed by atoms with Gasteiger partial charge in [0.05, 0.1) is 6.10 Å². The number of ether oxygens (including phenoxy) is 2. The molecular weight excluding hydrogens is 228 g/mol. The quantitative estimate of drug-likeness (QED) is 0.508. The fourth-order valence-electron chi connectivity index (χ4n) is 2.13. The van der Waals surface area contributed by atoms with Crippen LogP contribution in [0.3, 0.4) is 0 Å². The highest BCUT2D eigenvalue weighted by atomic mass is 16.7. The highest BCUT2D eigenvalue weighted by Gasteiger charge is 2.13. The van der Waals surface area contributed by atoms with E-state index < -0.39 is 0 Å². The van der Waals surface area contributed by atoms with Crippen molar-refractivity contribution in [3.05, 3.63) is 0 Å². The zero-order valence-electron chi connectivity index (χ0n) is 11.3. The fourth-order valence-corrected chi connectivity index (χ4v) is 2.13. The summed E-state index contributed by atoms with van der Waals surface area (Å²) < 4.78 is 11.1. The van der Waals surface area contributed by atoms with Gasteiger partial charge in [-0.3, -0.25) is 0 Å². The third kappa shape index (κ3) is 7.71. The van der Waals surface area contributed by atoms with Crippen LogP contribution in [0.2, 0.25) is 0 Å². The van der Waals surface area contributed by atoms with E-state index in [9.17, 15) is 5.11 Å². The molecule has 0 aromatic rings. The average molecular weight is 254 g/mol. The Morgan fingerprint density at radius 1 is 1.28 bits per heavy atom. The van der Waals surface area contributed by atoms with E-state index >= 15 is 0 Å². The molecule has 18 heavy (non-hydrogen) atoms. The predicted molar refractivity (Wildman–Crippen MR) is 72.1 cm³/mol. The molecule has 3 nitrogen and oxygen atoms in total. The first-order chi connectivity index (χ1) is 8.83. The molecule has 1 unspecified atom stereocenters. The standard InChI is InChI=1S/C15H26O3/c1-2-3-4-5-9-14(16)10-8-13-18-15-11-6-7-12-17-15/h1,14-16H,3-13H2/t14-,15?/m1/s1. The lowest BCUT2D eigenvalue weighted by atomic mass is 10.1. The van der Waals surface area contributed by atoms with E-state index in [-0.39, 0.29) is 12.4 Å². The van der Waals surface area contributed by atoms with Crippen LogP contribution in [-0.2, 0) is 9.47 Å². The molecule has 0 bridgehead atoms. The lowest BCUT2D eigenvalue weighted by Gasteiger charge is -2.22. The first kappa shape index (κ1) is 15.5. The first-order valence-electron chi connectivity index (χ1n) is 7.17. The summed E-state index contributed by atoms with van der Waals surface area (Å²) in [4.78, 5) is 0. The smallest absolute Gasteiger partial charge is 0.157 e. The van der Waals surface area contributed by atoms with Gasteiger partial charge >= 0.3 is 0 Å². The number of unbranched alkanes of at least 4 members (excludes halogenated alkanes) is 2. The third-order valence-corrected chi connectivity index (χ3v) is 3.23. The summed E-state index contributed by atoms with van der Waals surface area (Å²) in [5.41, 5.74) is 0. The van der Waals surface area contributed by atoms with E-state index in [0.717, 1.165) is 58.0 Å². The van der Waals surface area contributed by atoms with E-state index in [0.29, 0.717) is 6.61 Å². The van der Waals surface area contributed by atoms with Gasteiger partial charge in [0.2, 0.25) is 0 Å². The largest absolute Gasteiger partial charge is 0.393 e. The minimum absolute atomic E-state index is 0.00785. The molecule has 1 heterocycles. The lowest BCUT2D eigenvalue weighted by Crippen LogP contribution is -2.23. The zero-order chi connectivity index (χ0) is 13.1. The van der Waals surface area contributed by atoms with Crippen LogP contribution in [0.15, 0.2) is 0 Å². The maximum atomic E-state index is 9.75. The molecule has 0 spiro atoms. The zero-order valence-corrected chi connectivity index (χ0v) is 11.3. The lowest BCUT2D eigenvalue weighted by molar-refractivity contribution is -0.163. The van der Waals surface area contributed by atoms with Crippen LogP contribution < -0.4 is 0 Å². The average Bonchev–Trinajstić information content (AvgIpc) is 2.41. The summed E-state index contributed by atoms with van der Waals surface area (Å²) in [6.45, 7) is 1.51. The van der Waals surface area contributed by atoms with E-state index in [1.807, 2.05) is 0 Å². The molecule has 104 valence electrons. The Labute approximate surface area is 111 Å². The van der Waals surface area contributed by atoms with Gasteiger partial charge < -0.3 is 14.6 Å². The maximum absolute atomic E-state index is 9.75.